The van der Waals surface area contributed by atoms with Crippen molar-refractivity contribution in [1.29, 1.82) is 0 Å². The number of aliphatic carboxylic acids is 1. The molecule has 0 aliphatic heterocycles. The smallest absolute Gasteiger partial charge is 0.407 e. The number of alkyl carbamates (subject to hydrolysis) is 1. The number of carboxylic acid groups (broad SMARTS) is 1. The van der Waals surface area contributed by atoms with Crippen LogP contribution in [0.15, 0.2) is 0 Å². The molecule has 0 aromatic carbocycles. The van der Waals surface area contributed by atoms with Crippen LogP contribution in [0, 0.1) is 0 Å². The number of rotatable bonds is 5. The third-order valence-electron chi connectivity index (χ3n) is 1.49. The first-order valence-corrected chi connectivity index (χ1v) is 6.08. The summed E-state index contributed by atoms with van der Waals surface area (Å²) in [6.45, 7) is 7.37. The molecule has 0 aromatic rings. The van der Waals surface area contributed by atoms with E-state index >= 15 is 0 Å². The maximum Gasteiger partial charge on any atom is 0.407 e. The molecule has 0 aliphatic carbocycles. The van der Waals surface area contributed by atoms with E-state index in [1.54, 1.807) is 27.7 Å². The largest absolute Gasteiger partial charge is 0.480 e. The first kappa shape index (κ1) is 15.1. The van der Waals surface area contributed by atoms with Crippen molar-refractivity contribution in [3.8, 4) is 0 Å². The van der Waals surface area contributed by atoms with E-state index in [2.05, 4.69) is 5.32 Å². The second kappa shape index (κ2) is 6.62. The zero-order chi connectivity index (χ0) is 12.8. The number of ether oxygens (including phenoxy) is 1. The Labute approximate surface area is 99.9 Å². The summed E-state index contributed by atoms with van der Waals surface area (Å²) in [4.78, 5) is 21.7. The van der Waals surface area contributed by atoms with Crippen molar-refractivity contribution in [2.75, 3.05) is 12.3 Å². The number of nitrogens with one attached hydrogen (secondary N) is 1. The van der Waals surface area contributed by atoms with Gasteiger partial charge in [0, 0.05) is 12.3 Å². The molecule has 1 atom stereocenters. The number of thioether (sulfide) groups is 1. The first-order chi connectivity index (χ1) is 7.22. The highest BCUT2D eigenvalue weighted by molar-refractivity contribution is 8.00. The Bertz CT molecular complexity index is 250. The van der Waals surface area contributed by atoms with Crippen LogP contribution in [-0.2, 0) is 9.53 Å². The van der Waals surface area contributed by atoms with Crippen molar-refractivity contribution >= 4 is 23.8 Å². The van der Waals surface area contributed by atoms with Crippen molar-refractivity contribution < 1.29 is 19.4 Å². The quantitative estimate of drug-likeness (QED) is 0.725. The van der Waals surface area contributed by atoms with E-state index in [4.69, 9.17) is 9.84 Å². The van der Waals surface area contributed by atoms with Crippen LogP contribution in [0.1, 0.15) is 27.7 Å². The lowest BCUT2D eigenvalue weighted by molar-refractivity contribution is -0.136. The van der Waals surface area contributed by atoms with Crippen LogP contribution in [0.2, 0.25) is 0 Å². The fraction of sp³-hybridized carbons (Fsp3) is 0.800. The van der Waals surface area contributed by atoms with Crippen LogP contribution in [0.25, 0.3) is 0 Å². The summed E-state index contributed by atoms with van der Waals surface area (Å²) in [6.07, 6.45) is -0.476. The van der Waals surface area contributed by atoms with Gasteiger partial charge in [-0.05, 0) is 27.7 Å². The highest BCUT2D eigenvalue weighted by Crippen LogP contribution is 2.09. The maximum atomic E-state index is 11.2. The second-order valence-electron chi connectivity index (χ2n) is 4.28. The van der Waals surface area contributed by atoms with Crippen LogP contribution in [-0.4, -0.2) is 40.3 Å². The Kier molecular flexibility index (Phi) is 6.25. The Hall–Kier alpha value is -0.910. The molecule has 0 saturated carbocycles. The van der Waals surface area contributed by atoms with Crippen LogP contribution >= 0.6 is 11.8 Å². The lowest BCUT2D eigenvalue weighted by Gasteiger charge is -2.19. The van der Waals surface area contributed by atoms with E-state index in [0.717, 1.165) is 0 Å². The van der Waals surface area contributed by atoms with Gasteiger partial charge in [0.25, 0.3) is 0 Å². The van der Waals surface area contributed by atoms with Gasteiger partial charge in [0.2, 0.25) is 0 Å². The highest BCUT2D eigenvalue weighted by Gasteiger charge is 2.16. The Balaban J connectivity index is 3.60. The average molecular weight is 249 g/mol. The predicted octanol–water partition coefficient (Wildman–Crippen LogP) is 1.72. The molecular formula is C10H19NO4S. The van der Waals surface area contributed by atoms with Gasteiger partial charge in [-0.15, -0.1) is 11.8 Å². The summed E-state index contributed by atoms with van der Waals surface area (Å²) in [6, 6.07) is 0. The summed E-state index contributed by atoms with van der Waals surface area (Å²) in [7, 11) is 0. The van der Waals surface area contributed by atoms with Crippen molar-refractivity contribution in [3.63, 3.8) is 0 Å². The van der Waals surface area contributed by atoms with Crippen LogP contribution in [0.4, 0.5) is 4.79 Å². The van der Waals surface area contributed by atoms with Crippen LogP contribution in [0.5, 0.6) is 0 Å². The highest BCUT2D eigenvalue weighted by atomic mass is 32.2. The number of carbonyl (C=O) groups excluding carboxylic acids is 1. The summed E-state index contributed by atoms with van der Waals surface area (Å²) in [5, 5.41) is 10.7. The van der Waals surface area contributed by atoms with Gasteiger partial charge < -0.3 is 15.2 Å². The van der Waals surface area contributed by atoms with Gasteiger partial charge in [0.05, 0.1) is 5.25 Å². The summed E-state index contributed by atoms with van der Waals surface area (Å²) in [5.41, 5.74) is -0.508. The molecule has 0 bridgehead atoms. The molecule has 5 nitrogen and oxygen atoms in total. The van der Waals surface area contributed by atoms with Gasteiger partial charge in [-0.2, -0.15) is 0 Å². The van der Waals surface area contributed by atoms with E-state index in [1.165, 1.54) is 11.8 Å². The SMILES string of the molecule is C[C@@H](SCCNC(=O)OC(C)(C)C)C(=O)O. The van der Waals surface area contributed by atoms with Gasteiger partial charge in [-0.1, -0.05) is 0 Å². The number of hydrogen-bond donors (Lipinski definition) is 2. The lowest BCUT2D eigenvalue weighted by atomic mass is 10.2. The van der Waals surface area contributed by atoms with Crippen molar-refractivity contribution in [1.82, 2.24) is 5.32 Å². The molecule has 6 heteroatoms. The maximum absolute atomic E-state index is 11.2. The monoisotopic (exact) mass is 249 g/mol. The van der Waals surface area contributed by atoms with Crippen molar-refractivity contribution in [2.24, 2.45) is 0 Å². The van der Waals surface area contributed by atoms with Gasteiger partial charge in [-0.3, -0.25) is 4.79 Å². The zero-order valence-corrected chi connectivity index (χ0v) is 10.9. The standard InChI is InChI=1S/C10H19NO4S/c1-7(8(12)13)16-6-5-11-9(14)15-10(2,3)4/h7H,5-6H2,1-4H3,(H,11,14)(H,12,13)/t7-/m1/s1. The van der Waals surface area contributed by atoms with Gasteiger partial charge in [-0.25, -0.2) is 4.79 Å². The minimum Gasteiger partial charge on any atom is -0.480 e. The molecule has 0 spiro atoms. The number of amides is 1. The van der Waals surface area contributed by atoms with Crippen LogP contribution in [0.3, 0.4) is 0 Å². The Morgan fingerprint density at radius 2 is 2.00 bits per heavy atom. The molecule has 0 saturated heterocycles. The fourth-order valence-corrected chi connectivity index (χ4v) is 1.49. The van der Waals surface area contributed by atoms with E-state index < -0.39 is 22.9 Å². The summed E-state index contributed by atoms with van der Waals surface area (Å²) in [5.74, 6) is -0.297. The number of carboxylic acids is 1. The van der Waals surface area contributed by atoms with Crippen LogP contribution < -0.4 is 5.32 Å². The second-order valence-corrected chi connectivity index (χ2v) is 5.73. The van der Waals surface area contributed by atoms with E-state index in [1.807, 2.05) is 0 Å². The molecule has 0 fully saturated rings. The topological polar surface area (TPSA) is 75.6 Å². The zero-order valence-electron chi connectivity index (χ0n) is 10.1. The minimum absolute atomic E-state index is 0.400. The molecule has 0 unspecified atom stereocenters. The van der Waals surface area contributed by atoms with E-state index in [9.17, 15) is 9.59 Å². The molecule has 94 valence electrons. The molecule has 0 heterocycles. The average Bonchev–Trinajstić information content (AvgIpc) is 2.08. The predicted molar refractivity (Wildman–Crippen MR) is 63.8 cm³/mol. The molecule has 0 radical (unpaired) electrons. The van der Waals surface area contributed by atoms with Gasteiger partial charge in [0.1, 0.15) is 5.60 Å². The minimum atomic E-state index is -0.845. The summed E-state index contributed by atoms with van der Waals surface area (Å²) >= 11 is 1.27. The number of hydrogen-bond acceptors (Lipinski definition) is 4. The Morgan fingerprint density at radius 3 is 2.44 bits per heavy atom. The first-order valence-electron chi connectivity index (χ1n) is 5.03. The van der Waals surface area contributed by atoms with Gasteiger partial charge in [0.15, 0.2) is 0 Å². The molecule has 0 aromatic heterocycles. The normalized spacial score (nSPS) is 13.0. The molecule has 1 amide bonds. The number of carbonyl (C=O) groups is 2. The molecule has 16 heavy (non-hydrogen) atoms. The summed E-state index contributed by atoms with van der Waals surface area (Å²) < 4.78 is 5.02. The Morgan fingerprint density at radius 1 is 1.44 bits per heavy atom. The van der Waals surface area contributed by atoms with E-state index in [-0.39, 0.29) is 0 Å². The molecule has 2 N–H and O–H groups in total. The lowest BCUT2D eigenvalue weighted by Crippen LogP contribution is -2.33. The van der Waals surface area contributed by atoms with Crippen molar-refractivity contribution in [3.05, 3.63) is 0 Å². The third-order valence-corrected chi connectivity index (χ3v) is 2.63. The van der Waals surface area contributed by atoms with Gasteiger partial charge >= 0.3 is 12.1 Å². The fourth-order valence-electron chi connectivity index (χ4n) is 0.774. The van der Waals surface area contributed by atoms with Crippen molar-refractivity contribution in [2.45, 2.75) is 38.5 Å². The molecule has 0 aliphatic rings. The third kappa shape index (κ3) is 8.40. The van der Waals surface area contributed by atoms with E-state index in [0.29, 0.717) is 12.3 Å². The molecule has 0 rings (SSSR count). The molecular weight excluding hydrogens is 230 g/mol.